The van der Waals surface area contributed by atoms with Gasteiger partial charge in [0.15, 0.2) is 0 Å². The molecule has 4 nitrogen and oxygen atoms in total. The Balaban J connectivity index is 2.06. The van der Waals surface area contributed by atoms with Crippen LogP contribution in [0.4, 0.5) is 0 Å². The summed E-state index contributed by atoms with van der Waals surface area (Å²) in [6.45, 7) is 2.98. The van der Waals surface area contributed by atoms with Crippen LogP contribution in [-0.2, 0) is 13.0 Å². The van der Waals surface area contributed by atoms with Crippen LogP contribution < -0.4 is 5.73 Å². The molecule has 0 spiro atoms. The van der Waals surface area contributed by atoms with E-state index < -0.39 is 0 Å². The van der Waals surface area contributed by atoms with Gasteiger partial charge in [-0.25, -0.2) is 0 Å². The first-order valence-electron chi connectivity index (χ1n) is 5.00. The van der Waals surface area contributed by atoms with Gasteiger partial charge in [-0.05, 0) is 37.3 Å². The Kier molecular flexibility index (Phi) is 2.74. The third kappa shape index (κ3) is 1.91. The van der Waals surface area contributed by atoms with E-state index in [0.717, 1.165) is 31.6 Å². The fourth-order valence-corrected chi connectivity index (χ4v) is 2.30. The van der Waals surface area contributed by atoms with Crippen LogP contribution in [0.2, 0.25) is 5.28 Å². The van der Waals surface area contributed by atoms with Gasteiger partial charge < -0.3 is 10.3 Å². The molecule has 0 bridgehead atoms. The maximum absolute atomic E-state index is 5.88. The molecule has 0 aromatic carbocycles. The Labute approximate surface area is 88.5 Å². The number of nitrogens with zero attached hydrogens (tertiary/aromatic N) is 3. The lowest BCUT2D eigenvalue weighted by molar-refractivity contribution is 0.344. The minimum absolute atomic E-state index is 0.268. The van der Waals surface area contributed by atoms with Gasteiger partial charge in [0.1, 0.15) is 5.82 Å². The second-order valence-electron chi connectivity index (χ2n) is 4.11. The molecule has 0 radical (unpaired) electrons. The molecule has 1 aliphatic heterocycles. The zero-order chi connectivity index (χ0) is 10.1. The third-order valence-electron chi connectivity index (χ3n) is 2.72. The van der Waals surface area contributed by atoms with Crippen LogP contribution in [0, 0.1) is 5.92 Å². The Bertz CT molecular complexity index is 321. The first-order valence-corrected chi connectivity index (χ1v) is 5.37. The van der Waals surface area contributed by atoms with Gasteiger partial charge >= 0.3 is 0 Å². The van der Waals surface area contributed by atoms with E-state index in [2.05, 4.69) is 10.2 Å². The Morgan fingerprint density at radius 2 is 2.43 bits per heavy atom. The van der Waals surface area contributed by atoms with Crippen LogP contribution in [0.1, 0.15) is 25.6 Å². The number of halogens is 1. The summed E-state index contributed by atoms with van der Waals surface area (Å²) in [4.78, 5) is 0. The van der Waals surface area contributed by atoms with Gasteiger partial charge in [-0.3, -0.25) is 0 Å². The molecular weight excluding hydrogens is 200 g/mol. The normalized spacial score (nSPS) is 23.2. The molecule has 2 unspecified atom stereocenters. The van der Waals surface area contributed by atoms with Crippen LogP contribution in [-0.4, -0.2) is 20.8 Å². The van der Waals surface area contributed by atoms with Gasteiger partial charge in [-0.1, -0.05) is 0 Å². The summed E-state index contributed by atoms with van der Waals surface area (Å²) in [6.07, 6.45) is 3.15. The van der Waals surface area contributed by atoms with E-state index >= 15 is 0 Å². The van der Waals surface area contributed by atoms with Gasteiger partial charge in [-0.2, -0.15) is 0 Å². The standard InChI is InChI=1S/C9H15ClN4/c1-6(11)4-7-2-3-14-8(5-7)12-13-9(14)10/h6-7H,2-5,11H2,1H3. The second-order valence-corrected chi connectivity index (χ2v) is 4.45. The summed E-state index contributed by atoms with van der Waals surface area (Å²) in [6, 6.07) is 0.268. The number of hydrogen-bond donors (Lipinski definition) is 1. The van der Waals surface area contributed by atoms with Crippen LogP contribution in [0.5, 0.6) is 0 Å². The van der Waals surface area contributed by atoms with E-state index in [4.69, 9.17) is 17.3 Å². The molecule has 2 rings (SSSR count). The highest BCUT2D eigenvalue weighted by Gasteiger charge is 2.22. The molecule has 0 saturated carbocycles. The molecule has 2 heterocycles. The average molecular weight is 215 g/mol. The highest BCUT2D eigenvalue weighted by atomic mass is 35.5. The topological polar surface area (TPSA) is 56.7 Å². The van der Waals surface area contributed by atoms with Gasteiger partial charge in [0, 0.05) is 19.0 Å². The van der Waals surface area contributed by atoms with E-state index in [0.29, 0.717) is 11.2 Å². The maximum Gasteiger partial charge on any atom is 0.225 e. The van der Waals surface area contributed by atoms with Crippen LogP contribution in [0.25, 0.3) is 0 Å². The Morgan fingerprint density at radius 1 is 1.64 bits per heavy atom. The highest BCUT2D eigenvalue weighted by Crippen LogP contribution is 2.24. The number of hydrogen-bond acceptors (Lipinski definition) is 3. The van der Waals surface area contributed by atoms with E-state index in [-0.39, 0.29) is 6.04 Å². The van der Waals surface area contributed by atoms with Crippen molar-refractivity contribution in [2.75, 3.05) is 0 Å². The lowest BCUT2D eigenvalue weighted by atomic mass is 9.92. The van der Waals surface area contributed by atoms with E-state index in [1.54, 1.807) is 0 Å². The lowest BCUT2D eigenvalue weighted by Crippen LogP contribution is -2.26. The van der Waals surface area contributed by atoms with Crippen molar-refractivity contribution in [1.29, 1.82) is 0 Å². The van der Waals surface area contributed by atoms with E-state index in [9.17, 15) is 0 Å². The lowest BCUT2D eigenvalue weighted by Gasteiger charge is -2.24. The molecule has 14 heavy (non-hydrogen) atoms. The van der Waals surface area contributed by atoms with Crippen molar-refractivity contribution in [3.63, 3.8) is 0 Å². The molecule has 1 aliphatic rings. The first-order chi connectivity index (χ1) is 6.66. The predicted molar refractivity (Wildman–Crippen MR) is 55.1 cm³/mol. The molecule has 1 aromatic rings. The SMILES string of the molecule is CC(N)CC1CCn2c(Cl)nnc2C1. The summed E-state index contributed by atoms with van der Waals surface area (Å²) in [5.41, 5.74) is 5.78. The third-order valence-corrected chi connectivity index (χ3v) is 3.00. The number of fused-ring (bicyclic) bond motifs is 1. The molecule has 0 fully saturated rings. The van der Waals surface area contributed by atoms with Crippen molar-refractivity contribution in [1.82, 2.24) is 14.8 Å². The maximum atomic E-state index is 5.88. The predicted octanol–water partition coefficient (Wildman–Crippen LogP) is 1.23. The Hall–Kier alpha value is -0.610. The van der Waals surface area contributed by atoms with Gasteiger partial charge in [-0.15, -0.1) is 10.2 Å². The number of rotatable bonds is 2. The van der Waals surface area contributed by atoms with Gasteiger partial charge in [0.2, 0.25) is 5.28 Å². The van der Waals surface area contributed by atoms with Gasteiger partial charge in [0.25, 0.3) is 0 Å². The monoisotopic (exact) mass is 214 g/mol. The highest BCUT2D eigenvalue weighted by molar-refractivity contribution is 6.28. The molecule has 78 valence electrons. The quantitative estimate of drug-likeness (QED) is 0.806. The van der Waals surface area contributed by atoms with Crippen molar-refractivity contribution < 1.29 is 0 Å². The average Bonchev–Trinajstić information content (AvgIpc) is 2.46. The number of aromatic nitrogens is 3. The molecule has 2 N–H and O–H groups in total. The summed E-state index contributed by atoms with van der Waals surface area (Å²) in [5.74, 6) is 1.65. The van der Waals surface area contributed by atoms with E-state index in [1.807, 2.05) is 11.5 Å². The largest absolute Gasteiger partial charge is 0.328 e. The zero-order valence-corrected chi connectivity index (χ0v) is 9.04. The molecule has 0 saturated heterocycles. The minimum Gasteiger partial charge on any atom is -0.328 e. The Morgan fingerprint density at radius 3 is 3.14 bits per heavy atom. The van der Waals surface area contributed by atoms with Crippen LogP contribution >= 0.6 is 11.6 Å². The first kappa shape index (κ1) is 9.93. The van der Waals surface area contributed by atoms with Crippen LogP contribution in [0.3, 0.4) is 0 Å². The second kappa shape index (κ2) is 3.87. The summed E-state index contributed by atoms with van der Waals surface area (Å²) < 4.78 is 1.99. The van der Waals surface area contributed by atoms with E-state index in [1.165, 1.54) is 0 Å². The minimum atomic E-state index is 0.268. The summed E-state index contributed by atoms with van der Waals surface area (Å²) in [7, 11) is 0. The number of nitrogens with two attached hydrogens (primary N) is 1. The molecule has 0 aliphatic carbocycles. The molecular formula is C9H15ClN4. The molecule has 1 aromatic heterocycles. The van der Waals surface area contributed by atoms with Crippen LogP contribution in [0.15, 0.2) is 0 Å². The molecule has 2 atom stereocenters. The molecule has 0 amide bonds. The summed E-state index contributed by atoms with van der Waals surface area (Å²) in [5, 5.41) is 8.43. The smallest absolute Gasteiger partial charge is 0.225 e. The molecule has 5 heteroatoms. The zero-order valence-electron chi connectivity index (χ0n) is 8.28. The summed E-state index contributed by atoms with van der Waals surface area (Å²) >= 11 is 5.88. The van der Waals surface area contributed by atoms with Gasteiger partial charge in [0.05, 0.1) is 0 Å². The fourth-order valence-electron chi connectivity index (χ4n) is 2.08. The van der Waals surface area contributed by atoms with Crippen molar-refractivity contribution in [2.45, 2.75) is 38.8 Å². The van der Waals surface area contributed by atoms with Crippen molar-refractivity contribution in [3.8, 4) is 0 Å². The van der Waals surface area contributed by atoms with Crippen molar-refractivity contribution in [2.24, 2.45) is 11.7 Å². The van der Waals surface area contributed by atoms with Crippen molar-refractivity contribution >= 4 is 11.6 Å². The van der Waals surface area contributed by atoms with Crippen molar-refractivity contribution in [3.05, 3.63) is 11.1 Å². The fraction of sp³-hybridized carbons (Fsp3) is 0.778.